The molecule has 0 aromatic heterocycles. The van der Waals surface area contributed by atoms with Gasteiger partial charge >= 0.3 is 0 Å². The minimum atomic E-state index is -0.765. The number of rotatable bonds is 12. The maximum absolute atomic E-state index is 12.1. The standard InChI is InChI=1S/C29H40N2O2/c30-20-29(11-12-29)28(32)31-26-9-7-21(8-10-26)6-4-2-1-3-5-13-33-19-27-24-15-22-14-23(17-24)18-25(27)16-22/h7-10,22-25,27H,1-6,11-19H2,(H,31,32). The molecule has 0 radical (unpaired) electrons. The molecule has 5 fully saturated rings. The van der Waals surface area contributed by atoms with E-state index < -0.39 is 5.41 Å². The van der Waals surface area contributed by atoms with Gasteiger partial charge in [0.1, 0.15) is 5.41 Å². The van der Waals surface area contributed by atoms with Crippen molar-refractivity contribution in [2.75, 3.05) is 18.5 Å². The van der Waals surface area contributed by atoms with Crippen molar-refractivity contribution in [1.82, 2.24) is 0 Å². The third kappa shape index (κ3) is 5.46. The molecular formula is C29H40N2O2. The van der Waals surface area contributed by atoms with Crippen LogP contribution in [0.2, 0.25) is 0 Å². The first kappa shape index (κ1) is 22.9. The molecule has 0 heterocycles. The van der Waals surface area contributed by atoms with Gasteiger partial charge in [-0.2, -0.15) is 5.26 Å². The van der Waals surface area contributed by atoms with Gasteiger partial charge in [0, 0.05) is 18.9 Å². The first-order valence-electron chi connectivity index (χ1n) is 13.5. The van der Waals surface area contributed by atoms with E-state index in [1.165, 1.54) is 69.8 Å². The number of carbonyl (C=O) groups excluding carboxylic acids is 1. The van der Waals surface area contributed by atoms with E-state index in [2.05, 4.69) is 23.5 Å². The van der Waals surface area contributed by atoms with E-state index in [9.17, 15) is 4.79 Å². The first-order chi connectivity index (χ1) is 16.1. The van der Waals surface area contributed by atoms with Crippen LogP contribution in [0.3, 0.4) is 0 Å². The van der Waals surface area contributed by atoms with Crippen molar-refractivity contribution in [1.29, 1.82) is 5.26 Å². The zero-order valence-corrected chi connectivity index (χ0v) is 20.1. The Morgan fingerprint density at radius 1 is 0.939 bits per heavy atom. The number of benzene rings is 1. The Kier molecular flexibility index (Phi) is 7.07. The van der Waals surface area contributed by atoms with Crippen molar-refractivity contribution in [3.63, 3.8) is 0 Å². The average molecular weight is 449 g/mol. The third-order valence-electron chi connectivity index (χ3n) is 9.10. The maximum Gasteiger partial charge on any atom is 0.244 e. The van der Waals surface area contributed by atoms with Gasteiger partial charge in [-0.3, -0.25) is 4.79 Å². The van der Waals surface area contributed by atoms with Gasteiger partial charge in [0.2, 0.25) is 5.91 Å². The van der Waals surface area contributed by atoms with Crippen LogP contribution in [0, 0.1) is 46.3 Å². The summed E-state index contributed by atoms with van der Waals surface area (Å²) in [6, 6.07) is 10.3. The van der Waals surface area contributed by atoms with Crippen molar-refractivity contribution in [3.8, 4) is 6.07 Å². The second-order valence-electron chi connectivity index (χ2n) is 11.5. The number of hydrogen-bond acceptors (Lipinski definition) is 3. The molecule has 5 saturated carbocycles. The van der Waals surface area contributed by atoms with Crippen LogP contribution in [-0.4, -0.2) is 19.1 Å². The summed E-state index contributed by atoms with van der Waals surface area (Å²) in [6.07, 6.45) is 16.2. The molecule has 5 aliphatic rings. The second kappa shape index (κ2) is 10.2. The average Bonchev–Trinajstić information content (AvgIpc) is 3.61. The first-order valence-corrected chi connectivity index (χ1v) is 13.5. The molecule has 1 aromatic carbocycles. The van der Waals surface area contributed by atoms with Crippen LogP contribution < -0.4 is 5.32 Å². The molecule has 178 valence electrons. The smallest absolute Gasteiger partial charge is 0.244 e. The highest BCUT2D eigenvalue weighted by molar-refractivity contribution is 5.99. The summed E-state index contributed by atoms with van der Waals surface area (Å²) < 4.78 is 6.16. The van der Waals surface area contributed by atoms with Crippen molar-refractivity contribution in [3.05, 3.63) is 29.8 Å². The highest BCUT2D eigenvalue weighted by atomic mass is 16.5. The second-order valence-corrected chi connectivity index (χ2v) is 11.5. The fraction of sp³-hybridized carbons (Fsp3) is 0.724. The summed E-state index contributed by atoms with van der Waals surface area (Å²) in [5.41, 5.74) is 1.34. The number of nitriles is 1. The normalized spacial score (nSPS) is 30.7. The van der Waals surface area contributed by atoms with E-state index in [4.69, 9.17) is 10.00 Å². The van der Waals surface area contributed by atoms with Gasteiger partial charge in [0.25, 0.3) is 0 Å². The molecule has 0 unspecified atom stereocenters. The van der Waals surface area contributed by atoms with Crippen LogP contribution >= 0.6 is 0 Å². The van der Waals surface area contributed by atoms with E-state index in [1.807, 2.05) is 12.1 Å². The Bertz CT molecular complexity index is 823. The predicted molar refractivity (Wildman–Crippen MR) is 130 cm³/mol. The fourth-order valence-corrected chi connectivity index (χ4v) is 7.11. The third-order valence-corrected chi connectivity index (χ3v) is 9.10. The molecule has 0 saturated heterocycles. The molecule has 6 rings (SSSR count). The van der Waals surface area contributed by atoms with Gasteiger partial charge in [-0.1, -0.05) is 31.4 Å². The van der Waals surface area contributed by atoms with Crippen molar-refractivity contribution >= 4 is 11.6 Å². The molecule has 0 atom stereocenters. The zero-order chi connectivity index (χ0) is 22.7. The van der Waals surface area contributed by atoms with Gasteiger partial charge in [0.15, 0.2) is 0 Å². The van der Waals surface area contributed by atoms with E-state index in [0.29, 0.717) is 12.8 Å². The van der Waals surface area contributed by atoms with Crippen LogP contribution in [0.5, 0.6) is 0 Å². The monoisotopic (exact) mass is 448 g/mol. The number of aryl methyl sites for hydroxylation is 1. The van der Waals surface area contributed by atoms with Gasteiger partial charge in [-0.05, 0) is 111 Å². The number of unbranched alkanes of at least 4 members (excludes halogenated alkanes) is 4. The lowest BCUT2D eigenvalue weighted by Crippen LogP contribution is -2.46. The summed E-state index contributed by atoms with van der Waals surface area (Å²) in [5.74, 6) is 4.81. The van der Waals surface area contributed by atoms with Crippen molar-refractivity contribution in [2.24, 2.45) is 35.0 Å². The van der Waals surface area contributed by atoms with Crippen molar-refractivity contribution in [2.45, 2.75) is 83.5 Å². The Balaban J connectivity index is 0.896. The van der Waals surface area contributed by atoms with Gasteiger partial charge < -0.3 is 10.1 Å². The number of anilines is 1. The Labute approximate surface area is 199 Å². The summed E-state index contributed by atoms with van der Waals surface area (Å²) in [6.45, 7) is 1.98. The molecule has 5 aliphatic carbocycles. The largest absolute Gasteiger partial charge is 0.381 e. The van der Waals surface area contributed by atoms with E-state index in [1.54, 1.807) is 0 Å². The van der Waals surface area contributed by atoms with Crippen molar-refractivity contribution < 1.29 is 9.53 Å². The maximum atomic E-state index is 12.1. The number of amides is 1. The van der Waals surface area contributed by atoms with Crippen LogP contribution in [0.4, 0.5) is 5.69 Å². The van der Waals surface area contributed by atoms with Crippen LogP contribution in [0.25, 0.3) is 0 Å². The molecule has 4 heteroatoms. The molecule has 0 aliphatic heterocycles. The van der Waals surface area contributed by atoms with Crippen LogP contribution in [0.1, 0.15) is 82.6 Å². The van der Waals surface area contributed by atoms with Gasteiger partial charge in [-0.15, -0.1) is 0 Å². The van der Waals surface area contributed by atoms with Gasteiger partial charge in [-0.25, -0.2) is 0 Å². The number of ether oxygens (including phenoxy) is 1. The highest BCUT2D eigenvalue weighted by Crippen LogP contribution is 2.56. The molecule has 0 spiro atoms. The fourth-order valence-electron chi connectivity index (χ4n) is 7.11. The van der Waals surface area contributed by atoms with E-state index in [0.717, 1.165) is 54.9 Å². The quantitative estimate of drug-likeness (QED) is 0.371. The summed E-state index contributed by atoms with van der Waals surface area (Å²) in [7, 11) is 0. The predicted octanol–water partition coefficient (Wildman–Crippen LogP) is 6.51. The lowest BCUT2D eigenvalue weighted by Gasteiger charge is -2.54. The number of nitrogens with one attached hydrogen (secondary N) is 1. The zero-order valence-electron chi connectivity index (χ0n) is 20.1. The molecular weight excluding hydrogens is 408 g/mol. The summed E-state index contributed by atoms with van der Waals surface area (Å²) in [4.78, 5) is 12.1. The molecule has 1 N–H and O–H groups in total. The summed E-state index contributed by atoms with van der Waals surface area (Å²) in [5, 5.41) is 12.0. The summed E-state index contributed by atoms with van der Waals surface area (Å²) >= 11 is 0. The molecule has 4 bridgehead atoms. The molecule has 33 heavy (non-hydrogen) atoms. The molecule has 4 nitrogen and oxygen atoms in total. The lowest BCUT2D eigenvalue weighted by molar-refractivity contribution is -0.119. The Morgan fingerprint density at radius 3 is 2.21 bits per heavy atom. The molecule has 1 aromatic rings. The lowest BCUT2D eigenvalue weighted by atomic mass is 9.52. The minimum absolute atomic E-state index is 0.153. The topological polar surface area (TPSA) is 62.1 Å². The minimum Gasteiger partial charge on any atom is -0.381 e. The Hall–Kier alpha value is -1.86. The SMILES string of the molecule is N#CC1(C(=O)Nc2ccc(CCCCCCCOCC3C4CC5CC(C4)CC3C5)cc2)CC1. The number of hydrogen-bond donors (Lipinski definition) is 1. The van der Waals surface area contributed by atoms with Gasteiger partial charge in [0.05, 0.1) is 6.07 Å². The highest BCUT2D eigenvalue weighted by Gasteiger charge is 2.50. The van der Waals surface area contributed by atoms with E-state index in [-0.39, 0.29) is 5.91 Å². The Morgan fingerprint density at radius 2 is 1.58 bits per heavy atom. The number of carbonyl (C=O) groups is 1. The molecule has 1 amide bonds. The van der Waals surface area contributed by atoms with Crippen LogP contribution in [-0.2, 0) is 16.0 Å². The van der Waals surface area contributed by atoms with Crippen LogP contribution in [0.15, 0.2) is 24.3 Å². The van der Waals surface area contributed by atoms with E-state index >= 15 is 0 Å². The number of nitrogens with zero attached hydrogens (tertiary/aromatic N) is 1.